The predicted molar refractivity (Wildman–Crippen MR) is 30.9 cm³/mol. The monoisotopic (exact) mass is 116 g/mol. The average molecular weight is 116 g/mol. The highest BCUT2D eigenvalue weighted by Crippen LogP contribution is 1.62. The van der Waals surface area contributed by atoms with Crippen LogP contribution >= 0.6 is 9.90 Å². The lowest BCUT2D eigenvalue weighted by Gasteiger charge is -1.70. The number of nitrogens with two attached hydrogens (primary N) is 1. The van der Waals surface area contributed by atoms with Gasteiger partial charge in [0.15, 0.2) is 0 Å². The molecule has 0 aliphatic heterocycles. The molecule has 0 aliphatic rings. The molecular weight excluding hydrogens is 109 g/mol. The van der Waals surface area contributed by atoms with Gasteiger partial charge in [0.25, 0.3) is 0 Å². The minimum atomic E-state index is -0.391. The second-order valence-electron chi connectivity index (χ2n) is 0.902. The van der Waals surface area contributed by atoms with Crippen LogP contribution in [0, 0.1) is 0 Å². The second-order valence-corrected chi connectivity index (χ2v) is 0.902. The van der Waals surface area contributed by atoms with Crippen LogP contribution in [0.3, 0.4) is 0 Å². The Bertz CT molecular complexity index is 79.8. The fourth-order valence-electron chi connectivity index (χ4n) is 0.164. The molecular formula is C4H7NOP. The number of hydrogen-bond donors (Lipinski definition) is 1. The van der Waals surface area contributed by atoms with E-state index in [9.17, 15) is 4.79 Å². The molecule has 0 heterocycles. The average Bonchev–Trinajstić information content (AvgIpc) is 1.35. The zero-order chi connectivity index (χ0) is 4.99. The minimum absolute atomic E-state index is 0. The van der Waals surface area contributed by atoms with Crippen molar-refractivity contribution in [2.75, 3.05) is 0 Å². The van der Waals surface area contributed by atoms with Crippen molar-refractivity contribution in [2.24, 2.45) is 5.73 Å². The molecule has 3 heteroatoms. The van der Waals surface area contributed by atoms with Crippen LogP contribution in [-0.4, -0.2) is 5.91 Å². The molecule has 0 aromatic rings. The van der Waals surface area contributed by atoms with Crippen LogP contribution in [0.4, 0.5) is 0 Å². The lowest BCUT2D eigenvalue weighted by Crippen LogP contribution is -2.04. The van der Waals surface area contributed by atoms with Crippen LogP contribution in [0.2, 0.25) is 0 Å². The molecule has 0 saturated heterocycles. The summed E-state index contributed by atoms with van der Waals surface area (Å²) in [6.45, 7) is 1.74. The van der Waals surface area contributed by atoms with Crippen molar-refractivity contribution in [3.8, 4) is 0 Å². The predicted octanol–water partition coefficient (Wildman–Crippen LogP) is 0.909. The summed E-state index contributed by atoms with van der Waals surface area (Å²) in [5.74, 6) is -0.391. The minimum Gasteiger partial charge on any atom is -0.366 e. The maximum absolute atomic E-state index is 9.73. The van der Waals surface area contributed by atoms with E-state index in [0.29, 0.717) is 0 Å². The third-order valence-corrected chi connectivity index (χ3v) is 0.331. The first-order valence-electron chi connectivity index (χ1n) is 1.69. The van der Waals surface area contributed by atoms with Crippen molar-refractivity contribution in [3.63, 3.8) is 0 Å². The van der Waals surface area contributed by atoms with E-state index in [1.165, 1.54) is 6.08 Å². The Balaban J connectivity index is 0. The largest absolute Gasteiger partial charge is 0.366 e. The van der Waals surface area contributed by atoms with Crippen LogP contribution in [0.1, 0.15) is 6.92 Å². The van der Waals surface area contributed by atoms with Crippen LogP contribution in [0.15, 0.2) is 12.2 Å². The summed E-state index contributed by atoms with van der Waals surface area (Å²) in [6.07, 6.45) is 2.91. The fourth-order valence-corrected chi connectivity index (χ4v) is 0.164. The molecule has 7 heavy (non-hydrogen) atoms. The molecule has 0 aromatic heterocycles. The van der Waals surface area contributed by atoms with Gasteiger partial charge in [0.05, 0.1) is 0 Å². The molecule has 0 rings (SSSR count). The van der Waals surface area contributed by atoms with Crippen molar-refractivity contribution in [1.29, 1.82) is 0 Å². The van der Waals surface area contributed by atoms with Crippen LogP contribution in [0.5, 0.6) is 0 Å². The maximum atomic E-state index is 9.73. The van der Waals surface area contributed by atoms with Crippen molar-refractivity contribution in [2.45, 2.75) is 6.92 Å². The zero-order valence-electron chi connectivity index (χ0n) is 4.09. The van der Waals surface area contributed by atoms with Crippen molar-refractivity contribution < 1.29 is 4.79 Å². The number of carbonyl (C=O) groups is 1. The Labute approximate surface area is 46.4 Å². The number of amides is 1. The quantitative estimate of drug-likeness (QED) is 0.401. The molecule has 0 fully saturated rings. The third kappa shape index (κ3) is 10.7. The Morgan fingerprint density at radius 3 is 2.14 bits per heavy atom. The fraction of sp³-hybridized carbons (Fsp3) is 0.250. The van der Waals surface area contributed by atoms with E-state index in [4.69, 9.17) is 0 Å². The van der Waals surface area contributed by atoms with E-state index in [1.54, 1.807) is 13.0 Å². The number of hydrogen-bond acceptors (Lipinski definition) is 1. The molecule has 0 aliphatic carbocycles. The molecule has 0 atom stereocenters. The van der Waals surface area contributed by atoms with Gasteiger partial charge in [-0.15, -0.1) is 0 Å². The van der Waals surface area contributed by atoms with E-state index in [2.05, 4.69) is 5.73 Å². The topological polar surface area (TPSA) is 43.1 Å². The molecule has 1 amide bonds. The lowest BCUT2D eigenvalue weighted by atomic mass is 10.5. The van der Waals surface area contributed by atoms with E-state index >= 15 is 0 Å². The summed E-state index contributed by atoms with van der Waals surface area (Å²) in [5, 5.41) is 0. The molecule has 0 unspecified atom stereocenters. The summed E-state index contributed by atoms with van der Waals surface area (Å²) in [6, 6.07) is 0. The molecule has 0 spiro atoms. The van der Waals surface area contributed by atoms with Gasteiger partial charge in [-0.2, -0.15) is 0 Å². The molecule has 2 N–H and O–H groups in total. The van der Waals surface area contributed by atoms with Gasteiger partial charge < -0.3 is 5.73 Å². The van der Waals surface area contributed by atoms with Crippen molar-refractivity contribution in [1.82, 2.24) is 0 Å². The van der Waals surface area contributed by atoms with Gasteiger partial charge in [0.2, 0.25) is 5.91 Å². The zero-order valence-corrected chi connectivity index (χ0v) is 4.98. The van der Waals surface area contributed by atoms with E-state index < -0.39 is 5.91 Å². The Kier molecular flexibility index (Phi) is 7.90. The van der Waals surface area contributed by atoms with E-state index in [1.807, 2.05) is 0 Å². The summed E-state index contributed by atoms with van der Waals surface area (Å²) in [7, 11) is 0. The molecule has 3 radical (unpaired) electrons. The first kappa shape index (κ1) is 9.81. The van der Waals surface area contributed by atoms with Crippen molar-refractivity contribution >= 4 is 15.8 Å². The number of primary amides is 1. The highest BCUT2D eigenvalue weighted by atomic mass is 31.0. The molecule has 0 aromatic carbocycles. The summed E-state index contributed by atoms with van der Waals surface area (Å²) in [5.41, 5.74) is 4.68. The summed E-state index contributed by atoms with van der Waals surface area (Å²) < 4.78 is 0. The highest BCUT2D eigenvalue weighted by Gasteiger charge is 1.73. The van der Waals surface area contributed by atoms with Gasteiger partial charge in [-0.25, -0.2) is 0 Å². The van der Waals surface area contributed by atoms with Gasteiger partial charge in [0, 0.05) is 9.90 Å². The molecule has 0 bridgehead atoms. The lowest BCUT2D eigenvalue weighted by molar-refractivity contribution is -0.113. The highest BCUT2D eigenvalue weighted by molar-refractivity contribution is 6.92. The van der Waals surface area contributed by atoms with E-state index in [0.717, 1.165) is 0 Å². The molecule has 0 saturated carbocycles. The Morgan fingerprint density at radius 2 is 2.14 bits per heavy atom. The standard InChI is InChI=1S/C4H7NO.P/c1-2-3-4(5)6;/h2-3H,1H3,(H2,5,6);/b3-2+;. The van der Waals surface area contributed by atoms with Crippen LogP contribution < -0.4 is 5.73 Å². The van der Waals surface area contributed by atoms with Gasteiger partial charge in [-0.3, -0.25) is 4.79 Å². The van der Waals surface area contributed by atoms with Gasteiger partial charge in [0.1, 0.15) is 0 Å². The first-order valence-corrected chi connectivity index (χ1v) is 1.69. The number of allylic oxidation sites excluding steroid dienone is 1. The smallest absolute Gasteiger partial charge is 0.241 e. The first-order chi connectivity index (χ1) is 2.77. The van der Waals surface area contributed by atoms with Crippen LogP contribution in [0.25, 0.3) is 0 Å². The summed E-state index contributed by atoms with van der Waals surface area (Å²) in [4.78, 5) is 9.73. The normalized spacial score (nSPS) is 8.14. The molecule has 2 nitrogen and oxygen atoms in total. The van der Waals surface area contributed by atoms with Gasteiger partial charge in [-0.1, -0.05) is 6.08 Å². The SMILES string of the molecule is C/C=C/C(N)=O.[P]. The Morgan fingerprint density at radius 1 is 1.71 bits per heavy atom. The maximum Gasteiger partial charge on any atom is 0.241 e. The Hall–Kier alpha value is -0.360. The van der Waals surface area contributed by atoms with Crippen molar-refractivity contribution in [3.05, 3.63) is 12.2 Å². The summed E-state index contributed by atoms with van der Waals surface area (Å²) >= 11 is 0. The number of rotatable bonds is 1. The number of carbonyl (C=O) groups excluding carboxylic acids is 1. The third-order valence-electron chi connectivity index (χ3n) is 0.331. The van der Waals surface area contributed by atoms with Gasteiger partial charge in [-0.05, 0) is 13.0 Å². The second kappa shape index (κ2) is 5.64. The van der Waals surface area contributed by atoms with E-state index in [-0.39, 0.29) is 9.90 Å². The molecule has 39 valence electrons. The van der Waals surface area contributed by atoms with Crippen LogP contribution in [-0.2, 0) is 4.79 Å². The van der Waals surface area contributed by atoms with Gasteiger partial charge >= 0.3 is 0 Å².